The molecule has 5 nitrogen and oxygen atoms in total. The fourth-order valence-electron chi connectivity index (χ4n) is 2.08. The molecule has 0 bridgehead atoms. The first-order valence-electron chi connectivity index (χ1n) is 6.09. The molecule has 0 aliphatic carbocycles. The Morgan fingerprint density at radius 3 is 2.79 bits per heavy atom. The molecule has 1 aliphatic heterocycles. The summed E-state index contributed by atoms with van der Waals surface area (Å²) in [4.78, 5) is 2.13. The normalized spacial score (nSPS) is 20.2. The standard InChI is InChI=1S/C12H18ClN3O2S/c1-15(2)19(17,18)14-11-6-7-16(9-11)12-5-3-4-10(13)8-12/h3-5,8,11,14H,6-7,9H2,1-2H3/t11-/m0/s1. The van der Waals surface area contributed by atoms with Crippen molar-refractivity contribution in [2.24, 2.45) is 0 Å². The summed E-state index contributed by atoms with van der Waals surface area (Å²) < 4.78 is 27.4. The van der Waals surface area contributed by atoms with Gasteiger partial charge in [-0.05, 0) is 24.6 Å². The second-order valence-electron chi connectivity index (χ2n) is 4.82. The zero-order chi connectivity index (χ0) is 14.0. The molecular formula is C12H18ClN3O2S. The monoisotopic (exact) mass is 303 g/mol. The maximum absolute atomic E-state index is 11.8. The molecule has 0 radical (unpaired) electrons. The molecule has 1 aromatic rings. The Morgan fingerprint density at radius 2 is 2.16 bits per heavy atom. The van der Waals surface area contributed by atoms with E-state index in [0.29, 0.717) is 11.6 Å². The lowest BCUT2D eigenvalue weighted by Gasteiger charge is -2.20. The first kappa shape index (κ1) is 14.6. The minimum atomic E-state index is -3.36. The highest BCUT2D eigenvalue weighted by Gasteiger charge is 2.27. The Hall–Kier alpha value is -0.820. The van der Waals surface area contributed by atoms with Crippen LogP contribution in [0.3, 0.4) is 0 Å². The van der Waals surface area contributed by atoms with Crippen molar-refractivity contribution in [1.82, 2.24) is 9.03 Å². The van der Waals surface area contributed by atoms with E-state index in [1.165, 1.54) is 18.4 Å². The SMILES string of the molecule is CN(C)S(=O)(=O)N[C@H]1CCN(c2cccc(Cl)c2)C1. The molecular weight excluding hydrogens is 286 g/mol. The van der Waals surface area contributed by atoms with Gasteiger partial charge in [-0.15, -0.1) is 0 Å². The van der Waals surface area contributed by atoms with E-state index in [9.17, 15) is 8.42 Å². The van der Waals surface area contributed by atoms with E-state index in [1.54, 1.807) is 0 Å². The fourth-order valence-corrected chi connectivity index (χ4v) is 3.09. The minimum Gasteiger partial charge on any atom is -0.370 e. The van der Waals surface area contributed by atoms with Crippen LogP contribution in [-0.2, 0) is 10.2 Å². The smallest absolute Gasteiger partial charge is 0.279 e. The Morgan fingerprint density at radius 1 is 1.42 bits per heavy atom. The molecule has 0 aromatic heterocycles. The number of anilines is 1. The Bertz CT molecular complexity index is 548. The highest BCUT2D eigenvalue weighted by atomic mass is 35.5. The fraction of sp³-hybridized carbons (Fsp3) is 0.500. The molecule has 7 heteroatoms. The third-order valence-corrected chi connectivity index (χ3v) is 4.99. The number of halogens is 1. The molecule has 2 rings (SSSR count). The van der Waals surface area contributed by atoms with E-state index in [0.717, 1.165) is 18.7 Å². The van der Waals surface area contributed by atoms with Gasteiger partial charge in [0, 0.05) is 43.9 Å². The number of benzene rings is 1. The Kier molecular flexibility index (Phi) is 4.35. The number of rotatable bonds is 4. The molecule has 1 heterocycles. The summed E-state index contributed by atoms with van der Waals surface area (Å²) in [6.45, 7) is 1.48. The quantitative estimate of drug-likeness (QED) is 0.912. The summed E-state index contributed by atoms with van der Waals surface area (Å²) in [7, 11) is -0.325. The maximum atomic E-state index is 11.8. The molecule has 0 unspecified atom stereocenters. The summed E-state index contributed by atoms with van der Waals surface area (Å²) in [6.07, 6.45) is 0.791. The van der Waals surface area contributed by atoms with Gasteiger partial charge in [0.15, 0.2) is 0 Å². The zero-order valence-electron chi connectivity index (χ0n) is 11.0. The average molecular weight is 304 g/mol. The van der Waals surface area contributed by atoms with Crippen LogP contribution in [0.2, 0.25) is 5.02 Å². The van der Waals surface area contributed by atoms with Crippen molar-refractivity contribution in [1.29, 1.82) is 0 Å². The number of hydrogen-bond acceptors (Lipinski definition) is 3. The molecule has 106 valence electrons. The lowest BCUT2D eigenvalue weighted by molar-refractivity contribution is 0.492. The van der Waals surface area contributed by atoms with Crippen molar-refractivity contribution in [3.05, 3.63) is 29.3 Å². The van der Waals surface area contributed by atoms with E-state index >= 15 is 0 Å². The molecule has 1 atom stereocenters. The maximum Gasteiger partial charge on any atom is 0.279 e. The minimum absolute atomic E-state index is 0.0635. The topological polar surface area (TPSA) is 52.7 Å². The van der Waals surface area contributed by atoms with Gasteiger partial charge in [0.2, 0.25) is 0 Å². The summed E-state index contributed by atoms with van der Waals surface area (Å²) >= 11 is 5.96. The average Bonchev–Trinajstić information content (AvgIpc) is 2.76. The largest absolute Gasteiger partial charge is 0.370 e. The molecule has 1 aliphatic rings. The van der Waals surface area contributed by atoms with Gasteiger partial charge in [-0.3, -0.25) is 0 Å². The van der Waals surface area contributed by atoms with Crippen LogP contribution in [-0.4, -0.2) is 45.9 Å². The van der Waals surface area contributed by atoms with E-state index in [4.69, 9.17) is 11.6 Å². The van der Waals surface area contributed by atoms with Crippen LogP contribution >= 0.6 is 11.6 Å². The van der Waals surface area contributed by atoms with Gasteiger partial charge in [-0.1, -0.05) is 17.7 Å². The molecule has 0 spiro atoms. The lowest BCUT2D eigenvalue weighted by Crippen LogP contribution is -2.43. The summed E-state index contributed by atoms with van der Waals surface area (Å²) in [6, 6.07) is 7.54. The highest BCUT2D eigenvalue weighted by molar-refractivity contribution is 7.87. The molecule has 0 amide bonds. The van der Waals surface area contributed by atoms with Crippen LogP contribution in [0.5, 0.6) is 0 Å². The first-order chi connectivity index (χ1) is 8.88. The van der Waals surface area contributed by atoms with Crippen LogP contribution in [0, 0.1) is 0 Å². The molecule has 19 heavy (non-hydrogen) atoms. The van der Waals surface area contributed by atoms with E-state index in [2.05, 4.69) is 9.62 Å². The van der Waals surface area contributed by atoms with E-state index < -0.39 is 10.2 Å². The predicted molar refractivity (Wildman–Crippen MR) is 77.8 cm³/mol. The number of nitrogens with one attached hydrogen (secondary N) is 1. The Labute approximate surface area is 119 Å². The molecule has 0 saturated carbocycles. The molecule has 1 fully saturated rings. The Balaban J connectivity index is 2.01. The van der Waals surface area contributed by atoms with Crippen LogP contribution in [0.1, 0.15) is 6.42 Å². The van der Waals surface area contributed by atoms with Crippen molar-refractivity contribution in [2.45, 2.75) is 12.5 Å². The lowest BCUT2D eigenvalue weighted by atomic mass is 10.3. The van der Waals surface area contributed by atoms with Crippen LogP contribution in [0.25, 0.3) is 0 Å². The molecule has 1 aromatic carbocycles. The van der Waals surface area contributed by atoms with Gasteiger partial charge < -0.3 is 4.90 Å². The van der Waals surface area contributed by atoms with Crippen LogP contribution < -0.4 is 9.62 Å². The van der Waals surface area contributed by atoms with Gasteiger partial charge in [-0.25, -0.2) is 0 Å². The summed E-state index contributed by atoms with van der Waals surface area (Å²) in [5, 5.41) is 0.690. The van der Waals surface area contributed by atoms with Gasteiger partial charge in [0.1, 0.15) is 0 Å². The highest BCUT2D eigenvalue weighted by Crippen LogP contribution is 2.23. The third-order valence-electron chi connectivity index (χ3n) is 3.16. The van der Waals surface area contributed by atoms with Crippen LogP contribution in [0.15, 0.2) is 24.3 Å². The van der Waals surface area contributed by atoms with Crippen molar-refractivity contribution in [3.8, 4) is 0 Å². The molecule has 1 saturated heterocycles. The second kappa shape index (κ2) is 5.66. The van der Waals surface area contributed by atoms with Gasteiger partial charge in [0.25, 0.3) is 10.2 Å². The zero-order valence-corrected chi connectivity index (χ0v) is 12.6. The number of hydrogen-bond donors (Lipinski definition) is 1. The summed E-state index contributed by atoms with van der Waals surface area (Å²) in [5.74, 6) is 0. The van der Waals surface area contributed by atoms with Crippen molar-refractivity contribution >= 4 is 27.5 Å². The van der Waals surface area contributed by atoms with E-state index in [-0.39, 0.29) is 6.04 Å². The summed E-state index contributed by atoms with van der Waals surface area (Å²) in [5.41, 5.74) is 1.03. The third kappa shape index (κ3) is 3.60. The predicted octanol–water partition coefficient (Wildman–Crippen LogP) is 1.31. The van der Waals surface area contributed by atoms with Crippen molar-refractivity contribution in [2.75, 3.05) is 32.1 Å². The number of nitrogens with zero attached hydrogens (tertiary/aromatic N) is 2. The van der Waals surface area contributed by atoms with Gasteiger partial charge in [-0.2, -0.15) is 17.4 Å². The second-order valence-corrected chi connectivity index (χ2v) is 7.17. The van der Waals surface area contributed by atoms with Crippen molar-refractivity contribution < 1.29 is 8.42 Å². The molecule has 1 N–H and O–H groups in total. The van der Waals surface area contributed by atoms with Gasteiger partial charge >= 0.3 is 0 Å². The van der Waals surface area contributed by atoms with Gasteiger partial charge in [0.05, 0.1) is 0 Å². The van der Waals surface area contributed by atoms with E-state index in [1.807, 2.05) is 24.3 Å². The first-order valence-corrected chi connectivity index (χ1v) is 7.90. The van der Waals surface area contributed by atoms with Crippen molar-refractivity contribution in [3.63, 3.8) is 0 Å². The van der Waals surface area contributed by atoms with Crippen LogP contribution in [0.4, 0.5) is 5.69 Å².